The van der Waals surface area contributed by atoms with E-state index in [2.05, 4.69) is 5.32 Å². The number of hydrogen-bond acceptors (Lipinski definition) is 5. The summed E-state index contributed by atoms with van der Waals surface area (Å²) in [6.45, 7) is 1.74. The van der Waals surface area contributed by atoms with E-state index in [-0.39, 0.29) is 22.2 Å². The topological polar surface area (TPSA) is 95.6 Å². The predicted molar refractivity (Wildman–Crippen MR) is 79.9 cm³/mol. The van der Waals surface area contributed by atoms with Crippen LogP contribution in [-0.2, 0) is 0 Å². The lowest BCUT2D eigenvalue weighted by atomic mass is 10.1. The third-order valence-corrected chi connectivity index (χ3v) is 3.32. The first kappa shape index (κ1) is 14.9. The maximum atomic E-state index is 10.7. The Labute approximate surface area is 125 Å². The van der Waals surface area contributed by atoms with Gasteiger partial charge < -0.3 is 15.5 Å². The number of halogens is 1. The molecule has 0 aliphatic carbocycles. The standard InChI is InChI=1S/C14H13ClN2O4/c1-8(14-12(18)3-2-4-13(14)19)16-9-5-6-11(17(20)21)10(15)7-9/h2-8,16,18-19H,1H3. The monoisotopic (exact) mass is 308 g/mol. The molecule has 0 heterocycles. The Bertz CT molecular complexity index is 670. The number of rotatable bonds is 4. The highest BCUT2D eigenvalue weighted by Crippen LogP contribution is 2.35. The molecule has 0 bridgehead atoms. The first-order valence-electron chi connectivity index (χ1n) is 6.11. The van der Waals surface area contributed by atoms with E-state index < -0.39 is 11.0 Å². The van der Waals surface area contributed by atoms with Gasteiger partial charge in [0.15, 0.2) is 0 Å². The minimum absolute atomic E-state index is 0.0127. The number of aromatic hydroxyl groups is 2. The third-order valence-electron chi connectivity index (χ3n) is 3.02. The van der Waals surface area contributed by atoms with Crippen molar-refractivity contribution < 1.29 is 15.1 Å². The number of nitro benzene ring substituents is 1. The van der Waals surface area contributed by atoms with Crippen LogP contribution in [0.15, 0.2) is 36.4 Å². The number of benzene rings is 2. The highest BCUT2D eigenvalue weighted by molar-refractivity contribution is 6.32. The second kappa shape index (κ2) is 5.88. The highest BCUT2D eigenvalue weighted by atomic mass is 35.5. The molecule has 0 fully saturated rings. The molecule has 0 aromatic heterocycles. The fourth-order valence-electron chi connectivity index (χ4n) is 2.05. The SMILES string of the molecule is CC(Nc1ccc([N+](=O)[O-])c(Cl)c1)c1c(O)cccc1O. The van der Waals surface area contributed by atoms with E-state index in [1.807, 2.05) is 0 Å². The van der Waals surface area contributed by atoms with Crippen LogP contribution in [0.25, 0.3) is 0 Å². The Morgan fingerprint density at radius 3 is 2.38 bits per heavy atom. The molecule has 0 radical (unpaired) electrons. The van der Waals surface area contributed by atoms with Crippen LogP contribution >= 0.6 is 11.6 Å². The molecule has 0 aliphatic heterocycles. The average molecular weight is 309 g/mol. The van der Waals surface area contributed by atoms with Gasteiger partial charge in [0.25, 0.3) is 5.69 Å². The van der Waals surface area contributed by atoms with Crippen molar-refractivity contribution in [3.8, 4) is 11.5 Å². The average Bonchev–Trinajstić information content (AvgIpc) is 2.37. The van der Waals surface area contributed by atoms with Gasteiger partial charge in [0.1, 0.15) is 16.5 Å². The molecule has 0 aliphatic rings. The Hall–Kier alpha value is -2.47. The third kappa shape index (κ3) is 3.17. The summed E-state index contributed by atoms with van der Waals surface area (Å²) in [4.78, 5) is 10.1. The van der Waals surface area contributed by atoms with Gasteiger partial charge in [-0.05, 0) is 31.2 Å². The van der Waals surface area contributed by atoms with Gasteiger partial charge >= 0.3 is 0 Å². The van der Waals surface area contributed by atoms with E-state index >= 15 is 0 Å². The molecule has 2 rings (SSSR count). The van der Waals surface area contributed by atoms with Crippen molar-refractivity contribution in [2.75, 3.05) is 5.32 Å². The van der Waals surface area contributed by atoms with E-state index in [4.69, 9.17) is 11.6 Å². The van der Waals surface area contributed by atoms with Gasteiger partial charge in [-0.2, -0.15) is 0 Å². The zero-order valence-electron chi connectivity index (χ0n) is 11.1. The van der Waals surface area contributed by atoms with E-state index in [1.165, 1.54) is 36.4 Å². The minimum Gasteiger partial charge on any atom is -0.507 e. The summed E-state index contributed by atoms with van der Waals surface area (Å²) in [7, 11) is 0. The van der Waals surface area contributed by atoms with E-state index in [9.17, 15) is 20.3 Å². The number of nitro groups is 1. The number of phenols is 2. The molecule has 2 aromatic rings. The highest BCUT2D eigenvalue weighted by Gasteiger charge is 2.17. The molecule has 0 amide bonds. The minimum atomic E-state index is -0.565. The molecule has 7 heteroatoms. The summed E-state index contributed by atoms with van der Waals surface area (Å²) in [6, 6.07) is 8.28. The van der Waals surface area contributed by atoms with E-state index in [0.29, 0.717) is 11.3 Å². The first-order chi connectivity index (χ1) is 9.90. The summed E-state index contributed by atoms with van der Waals surface area (Å²) in [5.41, 5.74) is 0.702. The summed E-state index contributed by atoms with van der Waals surface area (Å²) in [6.07, 6.45) is 0. The molecule has 0 saturated carbocycles. The van der Waals surface area contributed by atoms with Gasteiger partial charge in [-0.3, -0.25) is 10.1 Å². The van der Waals surface area contributed by atoms with Gasteiger partial charge in [0.05, 0.1) is 16.5 Å². The quantitative estimate of drug-likeness (QED) is 0.589. The fourth-order valence-corrected chi connectivity index (χ4v) is 2.30. The Balaban J connectivity index is 2.26. The van der Waals surface area contributed by atoms with Gasteiger partial charge in [-0.25, -0.2) is 0 Å². The summed E-state index contributed by atoms with van der Waals surface area (Å²) < 4.78 is 0. The van der Waals surface area contributed by atoms with Crippen LogP contribution in [-0.4, -0.2) is 15.1 Å². The number of hydrogen-bond donors (Lipinski definition) is 3. The molecule has 2 aromatic carbocycles. The van der Waals surface area contributed by atoms with E-state index in [1.54, 1.807) is 6.92 Å². The number of nitrogens with one attached hydrogen (secondary N) is 1. The largest absolute Gasteiger partial charge is 0.507 e. The maximum Gasteiger partial charge on any atom is 0.288 e. The zero-order chi connectivity index (χ0) is 15.6. The van der Waals surface area contributed by atoms with Crippen LogP contribution in [0.1, 0.15) is 18.5 Å². The van der Waals surface area contributed by atoms with Crippen LogP contribution in [0.4, 0.5) is 11.4 Å². The van der Waals surface area contributed by atoms with Crippen molar-refractivity contribution in [2.24, 2.45) is 0 Å². The molecule has 21 heavy (non-hydrogen) atoms. The number of anilines is 1. The molecule has 110 valence electrons. The Kier molecular flexibility index (Phi) is 4.18. The number of nitrogens with zero attached hydrogens (tertiary/aromatic N) is 1. The van der Waals surface area contributed by atoms with Crippen molar-refractivity contribution in [2.45, 2.75) is 13.0 Å². The van der Waals surface area contributed by atoms with Gasteiger partial charge in [0.2, 0.25) is 0 Å². The normalized spacial score (nSPS) is 11.9. The molecule has 3 N–H and O–H groups in total. The lowest BCUT2D eigenvalue weighted by molar-refractivity contribution is -0.384. The van der Waals surface area contributed by atoms with Crippen LogP contribution in [0, 0.1) is 10.1 Å². The van der Waals surface area contributed by atoms with Crippen molar-refractivity contribution >= 4 is 23.0 Å². The van der Waals surface area contributed by atoms with Crippen molar-refractivity contribution in [1.29, 1.82) is 0 Å². The predicted octanol–water partition coefficient (Wildman–Crippen LogP) is 3.83. The lowest BCUT2D eigenvalue weighted by Gasteiger charge is -2.18. The van der Waals surface area contributed by atoms with Gasteiger partial charge in [-0.1, -0.05) is 17.7 Å². The summed E-state index contributed by atoms with van der Waals surface area (Å²) in [5.74, 6) is -0.0778. The zero-order valence-corrected chi connectivity index (χ0v) is 11.8. The van der Waals surface area contributed by atoms with Crippen molar-refractivity contribution in [3.63, 3.8) is 0 Å². The molecule has 1 unspecified atom stereocenters. The molecule has 1 atom stereocenters. The first-order valence-corrected chi connectivity index (χ1v) is 6.49. The van der Waals surface area contributed by atoms with Crippen molar-refractivity contribution in [1.82, 2.24) is 0 Å². The molecule has 0 saturated heterocycles. The maximum absolute atomic E-state index is 10.7. The molecule has 6 nitrogen and oxygen atoms in total. The second-order valence-electron chi connectivity index (χ2n) is 4.50. The Morgan fingerprint density at radius 2 is 1.86 bits per heavy atom. The second-order valence-corrected chi connectivity index (χ2v) is 4.91. The van der Waals surface area contributed by atoms with Crippen LogP contribution in [0.3, 0.4) is 0 Å². The molecular formula is C14H13ClN2O4. The van der Waals surface area contributed by atoms with Crippen LogP contribution in [0.2, 0.25) is 5.02 Å². The van der Waals surface area contributed by atoms with Crippen LogP contribution in [0.5, 0.6) is 11.5 Å². The van der Waals surface area contributed by atoms with Crippen molar-refractivity contribution in [3.05, 3.63) is 57.1 Å². The van der Waals surface area contributed by atoms with Crippen LogP contribution < -0.4 is 5.32 Å². The van der Waals surface area contributed by atoms with E-state index in [0.717, 1.165) is 0 Å². The summed E-state index contributed by atoms with van der Waals surface area (Å²) in [5, 5.41) is 33.3. The van der Waals surface area contributed by atoms with Gasteiger partial charge in [0, 0.05) is 11.8 Å². The fraction of sp³-hybridized carbons (Fsp3) is 0.143. The number of phenolic OH excluding ortho intramolecular Hbond substituents is 2. The lowest BCUT2D eigenvalue weighted by Crippen LogP contribution is -2.07. The van der Waals surface area contributed by atoms with Gasteiger partial charge in [-0.15, -0.1) is 0 Å². The Morgan fingerprint density at radius 1 is 1.24 bits per heavy atom. The molecule has 0 spiro atoms. The smallest absolute Gasteiger partial charge is 0.288 e. The summed E-state index contributed by atoms with van der Waals surface area (Å²) >= 11 is 5.84. The molecular weight excluding hydrogens is 296 g/mol.